The number of benzene rings is 1. The predicted molar refractivity (Wildman–Crippen MR) is 86.5 cm³/mol. The average molecular weight is 293 g/mol. The van der Waals surface area contributed by atoms with E-state index in [-0.39, 0.29) is 0 Å². The number of anilines is 1. The Morgan fingerprint density at radius 3 is 2.45 bits per heavy atom. The number of rotatable bonds is 3. The molecule has 1 aliphatic carbocycles. The van der Waals surface area contributed by atoms with Crippen molar-refractivity contribution in [2.75, 3.05) is 11.9 Å². The van der Waals surface area contributed by atoms with Gasteiger partial charge in [0, 0.05) is 22.8 Å². The van der Waals surface area contributed by atoms with Crippen LogP contribution in [0.3, 0.4) is 0 Å². The molecule has 0 bridgehead atoms. The Hall–Kier alpha value is -0.730. The molecule has 0 spiro atoms. The molecule has 110 valence electrons. The van der Waals surface area contributed by atoms with E-state index in [1.165, 1.54) is 57.2 Å². The van der Waals surface area contributed by atoms with Gasteiger partial charge in [0.1, 0.15) is 0 Å². The predicted octanol–water partition coefficient (Wildman–Crippen LogP) is 4.45. The molecular formula is C17H25ClN2. The summed E-state index contributed by atoms with van der Waals surface area (Å²) in [6.07, 6.45) is 9.49. The second kappa shape index (κ2) is 6.82. The van der Waals surface area contributed by atoms with Gasteiger partial charge in [-0.3, -0.25) is 0 Å². The Morgan fingerprint density at radius 2 is 1.70 bits per heavy atom. The second-order valence-electron chi connectivity index (χ2n) is 6.26. The van der Waals surface area contributed by atoms with Crippen LogP contribution in [0.2, 0.25) is 5.02 Å². The van der Waals surface area contributed by atoms with E-state index in [9.17, 15) is 0 Å². The van der Waals surface area contributed by atoms with Crippen LogP contribution in [0, 0.1) is 5.92 Å². The summed E-state index contributed by atoms with van der Waals surface area (Å²) in [6.45, 7) is 1.20. The van der Waals surface area contributed by atoms with E-state index in [2.05, 4.69) is 22.8 Å². The molecule has 1 aromatic rings. The van der Waals surface area contributed by atoms with E-state index < -0.39 is 0 Å². The smallest absolute Gasteiger partial charge is 0.0407 e. The molecule has 0 aromatic heterocycles. The number of nitrogens with one attached hydrogen (secondary N) is 2. The van der Waals surface area contributed by atoms with Crippen LogP contribution in [0.5, 0.6) is 0 Å². The Morgan fingerprint density at radius 1 is 0.950 bits per heavy atom. The van der Waals surface area contributed by atoms with Crippen molar-refractivity contribution in [1.29, 1.82) is 0 Å². The lowest BCUT2D eigenvalue weighted by atomic mass is 9.77. The second-order valence-corrected chi connectivity index (χ2v) is 6.70. The zero-order valence-corrected chi connectivity index (χ0v) is 12.8. The van der Waals surface area contributed by atoms with Crippen LogP contribution in [0.4, 0.5) is 5.69 Å². The minimum absolute atomic E-state index is 0.612. The summed E-state index contributed by atoms with van der Waals surface area (Å²) >= 11 is 5.97. The summed E-state index contributed by atoms with van der Waals surface area (Å²) < 4.78 is 0. The van der Waals surface area contributed by atoms with Gasteiger partial charge in [-0.1, -0.05) is 30.9 Å². The monoisotopic (exact) mass is 292 g/mol. The molecule has 1 saturated heterocycles. The minimum Gasteiger partial charge on any atom is -0.382 e. The van der Waals surface area contributed by atoms with Crippen LogP contribution in [0.15, 0.2) is 24.3 Å². The molecule has 1 aliphatic heterocycles. The molecule has 0 amide bonds. The fraction of sp³-hybridized carbons (Fsp3) is 0.647. The first-order valence-corrected chi connectivity index (χ1v) is 8.46. The Bertz CT molecular complexity index is 412. The summed E-state index contributed by atoms with van der Waals surface area (Å²) in [6, 6.07) is 9.47. The molecule has 2 aliphatic rings. The molecule has 3 heteroatoms. The molecule has 1 saturated carbocycles. The van der Waals surface area contributed by atoms with Crippen LogP contribution >= 0.6 is 11.6 Å². The van der Waals surface area contributed by atoms with E-state index in [0.717, 1.165) is 10.9 Å². The Labute approximate surface area is 127 Å². The number of hydrogen-bond donors (Lipinski definition) is 2. The van der Waals surface area contributed by atoms with Gasteiger partial charge in [0.25, 0.3) is 0 Å². The lowest BCUT2D eigenvalue weighted by Crippen LogP contribution is -2.48. The van der Waals surface area contributed by atoms with Crippen molar-refractivity contribution < 1.29 is 0 Å². The number of piperidine rings is 1. The summed E-state index contributed by atoms with van der Waals surface area (Å²) in [7, 11) is 0. The summed E-state index contributed by atoms with van der Waals surface area (Å²) in [5, 5.41) is 8.32. The van der Waals surface area contributed by atoms with Gasteiger partial charge in [0.15, 0.2) is 0 Å². The maximum absolute atomic E-state index is 5.97. The van der Waals surface area contributed by atoms with Crippen LogP contribution in [-0.2, 0) is 0 Å². The zero-order valence-electron chi connectivity index (χ0n) is 12.1. The fourth-order valence-corrected chi connectivity index (χ4v) is 3.95. The first-order valence-electron chi connectivity index (χ1n) is 8.08. The van der Waals surface area contributed by atoms with Crippen molar-refractivity contribution in [1.82, 2.24) is 5.32 Å². The van der Waals surface area contributed by atoms with E-state index in [1.807, 2.05) is 12.1 Å². The molecular weight excluding hydrogens is 268 g/mol. The van der Waals surface area contributed by atoms with Gasteiger partial charge in [-0.05, 0) is 62.4 Å². The largest absolute Gasteiger partial charge is 0.382 e. The van der Waals surface area contributed by atoms with Crippen molar-refractivity contribution >= 4 is 17.3 Å². The van der Waals surface area contributed by atoms with Crippen LogP contribution in [-0.4, -0.2) is 18.6 Å². The summed E-state index contributed by atoms with van der Waals surface area (Å²) in [5.74, 6) is 0.778. The lowest BCUT2D eigenvalue weighted by molar-refractivity contribution is 0.217. The Balaban J connectivity index is 1.66. The normalized spacial score (nSPS) is 30.9. The van der Waals surface area contributed by atoms with Gasteiger partial charge >= 0.3 is 0 Å². The molecule has 2 N–H and O–H groups in total. The third-order valence-corrected chi connectivity index (χ3v) is 5.13. The van der Waals surface area contributed by atoms with Crippen molar-refractivity contribution in [3.05, 3.63) is 29.3 Å². The van der Waals surface area contributed by atoms with E-state index in [4.69, 9.17) is 11.6 Å². The standard InChI is InChI=1S/C17H25ClN2/c18-13-8-10-14(11-9-13)20-17-7-2-1-5-15(17)16-6-3-4-12-19-16/h8-11,15-17,19-20H,1-7,12H2. The molecule has 1 heterocycles. The third-order valence-electron chi connectivity index (χ3n) is 4.88. The average Bonchev–Trinajstić information content (AvgIpc) is 2.51. The Kier molecular flexibility index (Phi) is 4.85. The van der Waals surface area contributed by atoms with E-state index in [0.29, 0.717) is 12.1 Å². The molecule has 3 rings (SSSR count). The SMILES string of the molecule is Clc1ccc(NC2CCCCC2C2CCCCN2)cc1. The number of halogens is 1. The molecule has 0 radical (unpaired) electrons. The van der Waals surface area contributed by atoms with Gasteiger partial charge in [0.05, 0.1) is 0 Å². The minimum atomic E-state index is 0.612. The molecule has 3 atom stereocenters. The molecule has 3 unspecified atom stereocenters. The van der Waals surface area contributed by atoms with Gasteiger partial charge in [-0.2, -0.15) is 0 Å². The highest BCUT2D eigenvalue weighted by Gasteiger charge is 2.32. The highest BCUT2D eigenvalue weighted by atomic mass is 35.5. The first-order chi connectivity index (χ1) is 9.83. The summed E-state index contributed by atoms with van der Waals surface area (Å²) in [5.41, 5.74) is 1.21. The van der Waals surface area contributed by atoms with Crippen LogP contribution in [0.25, 0.3) is 0 Å². The summed E-state index contributed by atoms with van der Waals surface area (Å²) in [4.78, 5) is 0. The van der Waals surface area contributed by atoms with Crippen molar-refractivity contribution in [2.45, 2.75) is 57.0 Å². The number of hydrogen-bond acceptors (Lipinski definition) is 2. The van der Waals surface area contributed by atoms with Crippen molar-refractivity contribution in [2.24, 2.45) is 5.92 Å². The topological polar surface area (TPSA) is 24.1 Å². The van der Waals surface area contributed by atoms with Crippen LogP contribution < -0.4 is 10.6 Å². The maximum atomic E-state index is 5.97. The molecule has 1 aromatic carbocycles. The van der Waals surface area contributed by atoms with Gasteiger partial charge < -0.3 is 10.6 Å². The molecule has 2 fully saturated rings. The van der Waals surface area contributed by atoms with E-state index in [1.54, 1.807) is 0 Å². The van der Waals surface area contributed by atoms with Crippen molar-refractivity contribution in [3.8, 4) is 0 Å². The quantitative estimate of drug-likeness (QED) is 0.860. The fourth-order valence-electron chi connectivity index (χ4n) is 3.82. The highest BCUT2D eigenvalue weighted by molar-refractivity contribution is 6.30. The molecule has 20 heavy (non-hydrogen) atoms. The lowest BCUT2D eigenvalue weighted by Gasteiger charge is -2.40. The van der Waals surface area contributed by atoms with Gasteiger partial charge in [-0.15, -0.1) is 0 Å². The van der Waals surface area contributed by atoms with Gasteiger partial charge in [0.2, 0.25) is 0 Å². The first kappa shape index (κ1) is 14.2. The molecule has 2 nitrogen and oxygen atoms in total. The highest BCUT2D eigenvalue weighted by Crippen LogP contribution is 2.32. The maximum Gasteiger partial charge on any atom is 0.0407 e. The van der Waals surface area contributed by atoms with E-state index >= 15 is 0 Å². The van der Waals surface area contributed by atoms with Crippen molar-refractivity contribution in [3.63, 3.8) is 0 Å². The van der Waals surface area contributed by atoms with Crippen LogP contribution in [0.1, 0.15) is 44.9 Å². The zero-order chi connectivity index (χ0) is 13.8. The third kappa shape index (κ3) is 3.48. The van der Waals surface area contributed by atoms with Gasteiger partial charge in [-0.25, -0.2) is 0 Å².